The van der Waals surface area contributed by atoms with Crippen molar-refractivity contribution < 1.29 is 0 Å². The van der Waals surface area contributed by atoms with Gasteiger partial charge in [-0.3, -0.25) is 5.10 Å². The molecular formula is C12H21N3S. The maximum Gasteiger partial charge on any atom is 0.0537 e. The Morgan fingerprint density at radius 1 is 1.62 bits per heavy atom. The van der Waals surface area contributed by atoms with Gasteiger partial charge in [0.25, 0.3) is 0 Å². The minimum atomic E-state index is 0.403. The van der Waals surface area contributed by atoms with E-state index in [1.165, 1.54) is 35.6 Å². The van der Waals surface area contributed by atoms with Gasteiger partial charge in [-0.25, -0.2) is 0 Å². The van der Waals surface area contributed by atoms with Crippen molar-refractivity contribution >= 4 is 11.8 Å². The van der Waals surface area contributed by atoms with Crippen molar-refractivity contribution in [2.24, 2.45) is 5.92 Å². The second-order valence-corrected chi connectivity index (χ2v) is 5.79. The molecule has 1 aromatic rings. The molecule has 1 aliphatic rings. The van der Waals surface area contributed by atoms with Crippen molar-refractivity contribution in [1.82, 2.24) is 15.5 Å². The van der Waals surface area contributed by atoms with Crippen molar-refractivity contribution in [1.29, 1.82) is 0 Å². The second-order valence-electron chi connectivity index (χ2n) is 4.64. The van der Waals surface area contributed by atoms with E-state index in [2.05, 4.69) is 41.1 Å². The Balaban J connectivity index is 1.59. The van der Waals surface area contributed by atoms with E-state index < -0.39 is 0 Å². The van der Waals surface area contributed by atoms with E-state index in [0.29, 0.717) is 6.04 Å². The monoisotopic (exact) mass is 239 g/mol. The van der Waals surface area contributed by atoms with E-state index >= 15 is 0 Å². The summed E-state index contributed by atoms with van der Waals surface area (Å²) in [6.07, 6.45) is 4.85. The van der Waals surface area contributed by atoms with Gasteiger partial charge in [-0.2, -0.15) is 16.9 Å². The maximum absolute atomic E-state index is 4.05. The quantitative estimate of drug-likeness (QED) is 0.718. The van der Waals surface area contributed by atoms with Crippen molar-refractivity contribution in [2.45, 2.75) is 32.7 Å². The Morgan fingerprint density at radius 2 is 2.44 bits per heavy atom. The number of nitrogens with zero attached hydrogens (tertiary/aromatic N) is 1. The van der Waals surface area contributed by atoms with E-state index in [9.17, 15) is 0 Å². The molecule has 0 radical (unpaired) electrons. The molecule has 3 nitrogen and oxygen atoms in total. The largest absolute Gasteiger partial charge is 0.309 e. The van der Waals surface area contributed by atoms with Crippen LogP contribution in [0.15, 0.2) is 6.20 Å². The Morgan fingerprint density at radius 3 is 3.06 bits per heavy atom. The van der Waals surface area contributed by atoms with Crippen molar-refractivity contribution in [2.75, 3.05) is 18.1 Å². The summed E-state index contributed by atoms with van der Waals surface area (Å²) in [7, 11) is 0. The van der Waals surface area contributed by atoms with Gasteiger partial charge < -0.3 is 5.32 Å². The lowest BCUT2D eigenvalue weighted by molar-refractivity contribution is 0.598. The lowest BCUT2D eigenvalue weighted by Gasteiger charge is -2.12. The minimum Gasteiger partial charge on any atom is -0.309 e. The Hall–Kier alpha value is -0.480. The van der Waals surface area contributed by atoms with Crippen LogP contribution in [0, 0.1) is 12.8 Å². The van der Waals surface area contributed by atoms with Gasteiger partial charge in [-0.05, 0) is 38.4 Å². The standard InChI is InChI=1S/C12H21N3S/c1-9(12-7-14-15-10(12)2)13-5-6-16-8-11-3-4-11/h7,9,11,13H,3-6,8H2,1-2H3,(H,14,15). The van der Waals surface area contributed by atoms with Crippen LogP contribution in [0.5, 0.6) is 0 Å². The highest BCUT2D eigenvalue weighted by Crippen LogP contribution is 2.32. The minimum absolute atomic E-state index is 0.403. The first-order valence-electron chi connectivity index (χ1n) is 6.08. The number of aromatic nitrogens is 2. The van der Waals surface area contributed by atoms with Gasteiger partial charge in [-0.15, -0.1) is 0 Å². The van der Waals surface area contributed by atoms with Crippen LogP contribution >= 0.6 is 11.8 Å². The molecule has 0 spiro atoms. The highest BCUT2D eigenvalue weighted by Gasteiger charge is 2.20. The van der Waals surface area contributed by atoms with Gasteiger partial charge in [0.05, 0.1) is 6.20 Å². The molecule has 1 unspecified atom stereocenters. The molecule has 1 heterocycles. The maximum atomic E-state index is 4.05. The zero-order chi connectivity index (χ0) is 11.4. The van der Waals surface area contributed by atoms with Gasteiger partial charge in [-0.1, -0.05) is 0 Å². The van der Waals surface area contributed by atoms with Crippen LogP contribution < -0.4 is 5.32 Å². The number of aromatic amines is 1. The molecule has 0 aromatic carbocycles. The number of hydrogen-bond acceptors (Lipinski definition) is 3. The summed E-state index contributed by atoms with van der Waals surface area (Å²) < 4.78 is 0. The molecule has 1 aromatic heterocycles. The second kappa shape index (κ2) is 5.73. The highest BCUT2D eigenvalue weighted by atomic mass is 32.2. The molecule has 90 valence electrons. The molecule has 16 heavy (non-hydrogen) atoms. The first-order valence-corrected chi connectivity index (χ1v) is 7.24. The summed E-state index contributed by atoms with van der Waals surface area (Å²) >= 11 is 2.08. The summed E-state index contributed by atoms with van der Waals surface area (Å²) in [5, 5.41) is 10.6. The van der Waals surface area contributed by atoms with Crippen LogP contribution in [0.25, 0.3) is 0 Å². The van der Waals surface area contributed by atoms with Crippen LogP contribution in [0.3, 0.4) is 0 Å². The molecule has 1 fully saturated rings. The zero-order valence-corrected chi connectivity index (χ0v) is 10.9. The van der Waals surface area contributed by atoms with E-state index in [1.807, 2.05) is 6.20 Å². The predicted octanol–water partition coefficient (Wildman–Crippen LogP) is 2.51. The number of aryl methyl sites for hydroxylation is 1. The van der Waals surface area contributed by atoms with Crippen molar-refractivity contribution in [3.05, 3.63) is 17.5 Å². The molecule has 2 rings (SSSR count). The Kier molecular flexibility index (Phi) is 4.29. The lowest BCUT2D eigenvalue weighted by Crippen LogP contribution is -2.21. The molecule has 0 amide bonds. The number of H-pyrrole nitrogens is 1. The summed E-state index contributed by atoms with van der Waals surface area (Å²) in [4.78, 5) is 0. The van der Waals surface area contributed by atoms with E-state index in [0.717, 1.165) is 12.5 Å². The van der Waals surface area contributed by atoms with Crippen LogP contribution in [0.4, 0.5) is 0 Å². The fraction of sp³-hybridized carbons (Fsp3) is 0.750. The molecule has 2 N–H and O–H groups in total. The molecule has 4 heteroatoms. The third kappa shape index (κ3) is 3.52. The van der Waals surface area contributed by atoms with Crippen LogP contribution in [0.2, 0.25) is 0 Å². The van der Waals surface area contributed by atoms with Gasteiger partial charge in [0.1, 0.15) is 0 Å². The van der Waals surface area contributed by atoms with E-state index in [4.69, 9.17) is 0 Å². The smallest absolute Gasteiger partial charge is 0.0537 e. The van der Waals surface area contributed by atoms with Gasteiger partial charge in [0.15, 0.2) is 0 Å². The first kappa shape index (κ1) is 12.0. The summed E-state index contributed by atoms with van der Waals surface area (Å²) in [5.41, 5.74) is 2.46. The highest BCUT2D eigenvalue weighted by molar-refractivity contribution is 7.99. The number of hydrogen-bond donors (Lipinski definition) is 2. The molecule has 1 atom stereocenters. The molecule has 1 aliphatic carbocycles. The van der Waals surface area contributed by atoms with Crippen molar-refractivity contribution in [3.8, 4) is 0 Å². The third-order valence-electron chi connectivity index (χ3n) is 3.08. The predicted molar refractivity (Wildman–Crippen MR) is 69.8 cm³/mol. The number of thioether (sulfide) groups is 1. The normalized spacial score (nSPS) is 17.6. The molecule has 0 aliphatic heterocycles. The fourth-order valence-electron chi connectivity index (χ4n) is 1.79. The average molecular weight is 239 g/mol. The van der Waals surface area contributed by atoms with E-state index in [-0.39, 0.29) is 0 Å². The molecule has 0 saturated heterocycles. The Bertz CT molecular complexity index is 320. The average Bonchev–Trinajstić information content (AvgIpc) is 2.99. The van der Waals surface area contributed by atoms with Gasteiger partial charge >= 0.3 is 0 Å². The number of nitrogens with one attached hydrogen (secondary N) is 2. The molecular weight excluding hydrogens is 218 g/mol. The van der Waals surface area contributed by atoms with Crippen molar-refractivity contribution in [3.63, 3.8) is 0 Å². The topological polar surface area (TPSA) is 40.7 Å². The van der Waals surface area contributed by atoms with Crippen LogP contribution in [-0.4, -0.2) is 28.2 Å². The molecule has 0 bridgehead atoms. The summed E-state index contributed by atoms with van der Waals surface area (Å²) in [6.45, 7) is 5.36. The zero-order valence-electron chi connectivity index (χ0n) is 10.1. The molecule has 1 saturated carbocycles. The Labute approximate surface area is 102 Å². The fourth-order valence-corrected chi connectivity index (χ4v) is 2.88. The third-order valence-corrected chi connectivity index (χ3v) is 4.28. The van der Waals surface area contributed by atoms with Crippen LogP contribution in [-0.2, 0) is 0 Å². The van der Waals surface area contributed by atoms with Gasteiger partial charge in [0.2, 0.25) is 0 Å². The van der Waals surface area contributed by atoms with E-state index in [1.54, 1.807) is 0 Å². The number of rotatable bonds is 7. The van der Waals surface area contributed by atoms with Crippen LogP contribution in [0.1, 0.15) is 37.1 Å². The van der Waals surface area contributed by atoms with Gasteiger partial charge in [0, 0.05) is 29.6 Å². The SMILES string of the molecule is Cc1[nH]ncc1C(C)NCCSCC1CC1. The first-order chi connectivity index (χ1) is 7.77. The summed E-state index contributed by atoms with van der Waals surface area (Å²) in [5.74, 6) is 3.62. The summed E-state index contributed by atoms with van der Waals surface area (Å²) in [6, 6.07) is 0.403. The lowest BCUT2D eigenvalue weighted by atomic mass is 10.1.